The third kappa shape index (κ3) is 1.89. The highest BCUT2D eigenvalue weighted by atomic mass is 16.7. The monoisotopic (exact) mass is 307 g/mol. The molecule has 5 rings (SSSR count). The predicted molar refractivity (Wildman–Crippen MR) is 83.2 cm³/mol. The van der Waals surface area contributed by atoms with E-state index in [0.717, 1.165) is 12.0 Å². The average Bonchev–Trinajstić information content (AvgIpc) is 3.12. The number of hydroxylamine groups is 2. The van der Waals surface area contributed by atoms with Crippen LogP contribution in [0.4, 0.5) is 0 Å². The second kappa shape index (κ2) is 4.91. The third-order valence-electron chi connectivity index (χ3n) is 5.24. The Kier molecular flexibility index (Phi) is 2.84. The topological polar surface area (TPSA) is 38.8 Å². The maximum atomic E-state index is 12.4. The maximum absolute atomic E-state index is 12.4. The van der Waals surface area contributed by atoms with E-state index in [1.165, 1.54) is 11.1 Å². The smallest absolute Gasteiger partial charge is 0.326 e. The van der Waals surface area contributed by atoms with Crippen molar-refractivity contribution in [3.8, 4) is 0 Å². The van der Waals surface area contributed by atoms with E-state index in [1.807, 2.05) is 35.4 Å². The number of fused-ring (bicyclic) bond motifs is 5. The number of esters is 1. The lowest BCUT2D eigenvalue weighted by molar-refractivity contribution is -0.228. The Hall–Kier alpha value is -2.17. The van der Waals surface area contributed by atoms with Crippen LogP contribution in [0, 0.1) is 5.92 Å². The highest BCUT2D eigenvalue weighted by Crippen LogP contribution is 2.51. The van der Waals surface area contributed by atoms with Crippen molar-refractivity contribution in [1.82, 2.24) is 5.06 Å². The number of benzene rings is 2. The van der Waals surface area contributed by atoms with Crippen LogP contribution in [0.15, 0.2) is 54.6 Å². The van der Waals surface area contributed by atoms with Crippen molar-refractivity contribution in [3.63, 3.8) is 0 Å². The first-order valence-electron chi connectivity index (χ1n) is 8.07. The van der Waals surface area contributed by atoms with Crippen LogP contribution in [0.2, 0.25) is 0 Å². The van der Waals surface area contributed by atoms with Crippen molar-refractivity contribution in [2.75, 3.05) is 6.61 Å². The second-order valence-electron chi connectivity index (χ2n) is 6.45. The van der Waals surface area contributed by atoms with Gasteiger partial charge in [-0.15, -0.1) is 0 Å². The van der Waals surface area contributed by atoms with Crippen LogP contribution in [0.3, 0.4) is 0 Å². The zero-order chi connectivity index (χ0) is 15.4. The molecule has 1 aliphatic carbocycles. The molecule has 4 atom stereocenters. The van der Waals surface area contributed by atoms with Crippen molar-refractivity contribution in [1.29, 1.82) is 0 Å². The maximum Gasteiger partial charge on any atom is 0.326 e. The number of morpholine rings is 1. The molecule has 0 bridgehead atoms. The molecular formula is C19H17NO3. The molecule has 2 saturated heterocycles. The fourth-order valence-electron chi connectivity index (χ4n) is 4.17. The number of carbonyl (C=O) groups excluding carboxylic acids is 1. The second-order valence-corrected chi connectivity index (χ2v) is 6.45. The molecule has 0 aromatic heterocycles. The van der Waals surface area contributed by atoms with E-state index in [0.29, 0.717) is 6.61 Å². The molecule has 0 amide bonds. The number of rotatable bonds is 1. The minimum absolute atomic E-state index is 0.0309. The summed E-state index contributed by atoms with van der Waals surface area (Å²) in [4.78, 5) is 18.7. The normalized spacial score (nSPS) is 32.1. The lowest BCUT2D eigenvalue weighted by Gasteiger charge is -2.36. The Morgan fingerprint density at radius 2 is 1.78 bits per heavy atom. The van der Waals surface area contributed by atoms with Crippen molar-refractivity contribution >= 4 is 5.97 Å². The van der Waals surface area contributed by atoms with Gasteiger partial charge in [-0.25, -0.2) is 0 Å². The van der Waals surface area contributed by atoms with Crippen LogP contribution in [0.5, 0.6) is 0 Å². The third-order valence-corrected chi connectivity index (χ3v) is 5.24. The summed E-state index contributed by atoms with van der Waals surface area (Å²) in [5.74, 6) is -0.0103. The summed E-state index contributed by atoms with van der Waals surface area (Å²) >= 11 is 0. The summed E-state index contributed by atoms with van der Waals surface area (Å²) in [6.07, 6.45) is 0.839. The molecule has 4 heteroatoms. The Bertz CT molecular complexity index is 760. The Labute approximate surface area is 134 Å². The fourth-order valence-corrected chi connectivity index (χ4v) is 4.17. The SMILES string of the molecule is O=C1OC[C@H](c2ccccc2)N2OC3c4ccccc4CC3[C@@H]12. The fraction of sp³-hybridized carbons (Fsp3) is 0.316. The number of nitrogens with zero attached hydrogens (tertiary/aromatic N) is 1. The Morgan fingerprint density at radius 1 is 1.00 bits per heavy atom. The lowest BCUT2D eigenvalue weighted by atomic mass is 9.93. The number of hydrogen-bond donors (Lipinski definition) is 0. The van der Waals surface area contributed by atoms with Crippen molar-refractivity contribution in [2.24, 2.45) is 5.92 Å². The van der Waals surface area contributed by atoms with Crippen LogP contribution >= 0.6 is 0 Å². The lowest BCUT2D eigenvalue weighted by Crippen LogP contribution is -2.48. The van der Waals surface area contributed by atoms with Crippen LogP contribution in [-0.4, -0.2) is 23.7 Å². The molecule has 4 nitrogen and oxygen atoms in total. The van der Waals surface area contributed by atoms with Gasteiger partial charge in [0.2, 0.25) is 0 Å². The molecule has 2 heterocycles. The number of ether oxygens (including phenoxy) is 1. The van der Waals surface area contributed by atoms with E-state index < -0.39 is 0 Å². The quantitative estimate of drug-likeness (QED) is 0.760. The molecule has 0 spiro atoms. The van der Waals surface area contributed by atoms with E-state index in [-0.39, 0.29) is 30.1 Å². The molecule has 0 radical (unpaired) electrons. The van der Waals surface area contributed by atoms with Crippen LogP contribution in [0.25, 0.3) is 0 Å². The molecule has 2 fully saturated rings. The van der Waals surface area contributed by atoms with Crippen LogP contribution in [-0.2, 0) is 20.8 Å². The Morgan fingerprint density at radius 3 is 2.65 bits per heavy atom. The van der Waals surface area contributed by atoms with E-state index in [4.69, 9.17) is 9.57 Å². The summed E-state index contributed by atoms with van der Waals surface area (Å²) in [7, 11) is 0. The molecule has 23 heavy (non-hydrogen) atoms. The average molecular weight is 307 g/mol. The standard InChI is InChI=1S/C19H17NO3/c21-19-17-15-10-13-8-4-5-9-14(13)18(15)23-20(17)16(11-22-19)12-6-2-1-3-7-12/h1-9,15-18H,10-11H2/t15?,16-,17+,18?/m1/s1. The summed E-state index contributed by atoms with van der Waals surface area (Å²) in [6.45, 7) is 0.348. The molecule has 0 N–H and O–H groups in total. The van der Waals surface area contributed by atoms with Gasteiger partial charge in [0, 0.05) is 5.92 Å². The van der Waals surface area contributed by atoms with Gasteiger partial charge in [-0.3, -0.25) is 9.63 Å². The van der Waals surface area contributed by atoms with Crippen molar-refractivity contribution < 1.29 is 14.4 Å². The molecule has 2 unspecified atom stereocenters. The first-order valence-corrected chi connectivity index (χ1v) is 8.07. The van der Waals surface area contributed by atoms with E-state index in [2.05, 4.69) is 24.3 Å². The van der Waals surface area contributed by atoms with Crippen LogP contribution < -0.4 is 0 Å². The number of hydrogen-bond acceptors (Lipinski definition) is 4. The van der Waals surface area contributed by atoms with Crippen molar-refractivity contribution in [3.05, 3.63) is 71.3 Å². The van der Waals surface area contributed by atoms with Gasteiger partial charge in [-0.05, 0) is 23.1 Å². The summed E-state index contributed by atoms with van der Waals surface area (Å²) in [5, 5.41) is 1.90. The van der Waals surface area contributed by atoms with Gasteiger partial charge in [0.05, 0.1) is 6.04 Å². The molecule has 2 aromatic rings. The summed E-state index contributed by atoms with van der Waals surface area (Å²) in [5.41, 5.74) is 3.63. The summed E-state index contributed by atoms with van der Waals surface area (Å²) in [6, 6.07) is 18.1. The minimum atomic E-state index is -0.314. The highest BCUT2D eigenvalue weighted by molar-refractivity contribution is 5.78. The van der Waals surface area contributed by atoms with Gasteiger partial charge in [0.1, 0.15) is 18.8 Å². The van der Waals surface area contributed by atoms with E-state index in [1.54, 1.807) is 0 Å². The number of cyclic esters (lactones) is 1. The highest BCUT2D eigenvalue weighted by Gasteiger charge is 2.56. The van der Waals surface area contributed by atoms with Gasteiger partial charge in [0.15, 0.2) is 0 Å². The zero-order valence-electron chi connectivity index (χ0n) is 12.6. The molecule has 3 aliphatic rings. The van der Waals surface area contributed by atoms with Gasteiger partial charge >= 0.3 is 5.97 Å². The van der Waals surface area contributed by atoms with Gasteiger partial charge < -0.3 is 4.74 Å². The van der Waals surface area contributed by atoms with Gasteiger partial charge in [-0.1, -0.05) is 54.6 Å². The predicted octanol–water partition coefficient (Wildman–Crippen LogP) is 2.81. The molecule has 2 aromatic carbocycles. The zero-order valence-corrected chi connectivity index (χ0v) is 12.6. The minimum Gasteiger partial charge on any atom is -0.462 e. The molecular weight excluding hydrogens is 290 g/mol. The first kappa shape index (κ1) is 13.3. The molecule has 2 aliphatic heterocycles. The van der Waals surface area contributed by atoms with E-state index >= 15 is 0 Å². The van der Waals surface area contributed by atoms with Crippen molar-refractivity contribution in [2.45, 2.75) is 24.6 Å². The van der Waals surface area contributed by atoms with Gasteiger partial charge in [0.25, 0.3) is 0 Å². The van der Waals surface area contributed by atoms with E-state index in [9.17, 15) is 4.79 Å². The number of carbonyl (C=O) groups is 1. The largest absolute Gasteiger partial charge is 0.462 e. The molecule has 116 valence electrons. The molecule has 0 saturated carbocycles. The first-order chi connectivity index (χ1) is 11.3. The van der Waals surface area contributed by atoms with Crippen LogP contribution in [0.1, 0.15) is 28.8 Å². The Balaban J connectivity index is 1.53. The van der Waals surface area contributed by atoms with Gasteiger partial charge in [-0.2, -0.15) is 5.06 Å². The summed E-state index contributed by atoms with van der Waals surface area (Å²) < 4.78 is 5.51.